The number of ether oxygens (including phenoxy) is 1. The number of unbranched alkanes of at least 4 members (excludes halogenated alkanes) is 1. The molecule has 0 aromatic carbocycles. The smallest absolute Gasteiger partial charge is 0.0462 e. The van der Waals surface area contributed by atoms with Crippen molar-refractivity contribution in [1.29, 1.82) is 0 Å². The standard InChI is InChI=1S/C12H26N2O/c1-15-10-3-2-8-14-9-4-5-12(11-14)6-7-13/h12H,2-11,13H2,1H3. The molecule has 0 aromatic rings. The summed E-state index contributed by atoms with van der Waals surface area (Å²) in [6, 6.07) is 0. The summed E-state index contributed by atoms with van der Waals surface area (Å²) in [7, 11) is 1.78. The van der Waals surface area contributed by atoms with Crippen molar-refractivity contribution in [3.05, 3.63) is 0 Å². The Morgan fingerprint density at radius 1 is 1.40 bits per heavy atom. The normalized spacial score (nSPS) is 23.2. The minimum absolute atomic E-state index is 0.849. The fourth-order valence-corrected chi connectivity index (χ4v) is 2.41. The van der Waals surface area contributed by atoms with Crippen LogP contribution >= 0.6 is 0 Å². The van der Waals surface area contributed by atoms with Gasteiger partial charge in [0, 0.05) is 20.3 Å². The molecule has 1 fully saturated rings. The first-order chi connectivity index (χ1) is 7.36. The first-order valence-corrected chi connectivity index (χ1v) is 6.28. The number of rotatable bonds is 7. The molecule has 0 aromatic heterocycles. The van der Waals surface area contributed by atoms with Crippen molar-refractivity contribution in [1.82, 2.24) is 4.90 Å². The molecule has 1 rings (SSSR count). The van der Waals surface area contributed by atoms with E-state index in [-0.39, 0.29) is 0 Å². The molecular weight excluding hydrogens is 188 g/mol. The minimum Gasteiger partial charge on any atom is -0.385 e. The van der Waals surface area contributed by atoms with Crippen molar-refractivity contribution >= 4 is 0 Å². The fraction of sp³-hybridized carbons (Fsp3) is 1.00. The van der Waals surface area contributed by atoms with Crippen molar-refractivity contribution in [3.63, 3.8) is 0 Å². The molecule has 0 spiro atoms. The second-order valence-electron chi connectivity index (χ2n) is 4.59. The highest BCUT2D eigenvalue weighted by atomic mass is 16.5. The Kier molecular flexibility index (Phi) is 6.98. The molecule has 1 aliphatic heterocycles. The van der Waals surface area contributed by atoms with E-state index >= 15 is 0 Å². The van der Waals surface area contributed by atoms with E-state index in [1.165, 1.54) is 51.7 Å². The van der Waals surface area contributed by atoms with Crippen molar-refractivity contribution < 1.29 is 4.74 Å². The maximum atomic E-state index is 5.61. The highest BCUT2D eigenvalue weighted by Crippen LogP contribution is 2.19. The number of methoxy groups -OCH3 is 1. The zero-order valence-corrected chi connectivity index (χ0v) is 10.1. The van der Waals surface area contributed by atoms with Crippen molar-refractivity contribution in [2.75, 3.05) is 39.9 Å². The van der Waals surface area contributed by atoms with E-state index in [9.17, 15) is 0 Å². The van der Waals surface area contributed by atoms with Gasteiger partial charge in [0.1, 0.15) is 0 Å². The van der Waals surface area contributed by atoms with E-state index in [0.717, 1.165) is 19.1 Å². The van der Waals surface area contributed by atoms with Gasteiger partial charge >= 0.3 is 0 Å². The number of hydrogen-bond acceptors (Lipinski definition) is 3. The molecule has 1 atom stereocenters. The maximum Gasteiger partial charge on any atom is 0.0462 e. The maximum absolute atomic E-state index is 5.61. The predicted octanol–water partition coefficient (Wildman–Crippen LogP) is 1.47. The summed E-state index contributed by atoms with van der Waals surface area (Å²) in [5.41, 5.74) is 5.61. The van der Waals surface area contributed by atoms with Gasteiger partial charge in [-0.3, -0.25) is 0 Å². The summed E-state index contributed by atoms with van der Waals surface area (Å²) in [5, 5.41) is 0. The Labute approximate surface area is 94.0 Å². The molecular formula is C12H26N2O. The minimum atomic E-state index is 0.849. The number of nitrogens with zero attached hydrogens (tertiary/aromatic N) is 1. The third-order valence-electron chi connectivity index (χ3n) is 3.25. The molecule has 1 unspecified atom stereocenters. The highest BCUT2D eigenvalue weighted by Gasteiger charge is 2.18. The van der Waals surface area contributed by atoms with Crippen LogP contribution in [0.5, 0.6) is 0 Å². The monoisotopic (exact) mass is 214 g/mol. The van der Waals surface area contributed by atoms with Gasteiger partial charge in [-0.25, -0.2) is 0 Å². The van der Waals surface area contributed by atoms with Gasteiger partial charge in [0.05, 0.1) is 0 Å². The van der Waals surface area contributed by atoms with E-state index < -0.39 is 0 Å². The van der Waals surface area contributed by atoms with Crippen LogP contribution in [0.3, 0.4) is 0 Å². The molecule has 15 heavy (non-hydrogen) atoms. The number of nitrogens with two attached hydrogens (primary N) is 1. The summed E-state index contributed by atoms with van der Waals surface area (Å²) in [5.74, 6) is 0.853. The molecule has 0 aliphatic carbocycles. The SMILES string of the molecule is COCCCCN1CCCC(CCN)C1. The third-order valence-corrected chi connectivity index (χ3v) is 3.25. The molecule has 1 saturated heterocycles. The molecule has 1 aliphatic rings. The Balaban J connectivity index is 2.07. The van der Waals surface area contributed by atoms with Gasteiger partial charge in [-0.1, -0.05) is 0 Å². The zero-order valence-electron chi connectivity index (χ0n) is 10.1. The molecule has 2 N–H and O–H groups in total. The van der Waals surface area contributed by atoms with Crippen LogP contribution < -0.4 is 5.73 Å². The lowest BCUT2D eigenvalue weighted by Gasteiger charge is -2.32. The summed E-state index contributed by atoms with van der Waals surface area (Å²) >= 11 is 0. The zero-order chi connectivity index (χ0) is 10.9. The second kappa shape index (κ2) is 8.08. The van der Waals surface area contributed by atoms with Gasteiger partial charge in [-0.15, -0.1) is 0 Å². The average Bonchev–Trinajstić information content (AvgIpc) is 2.26. The Hall–Kier alpha value is -0.120. The quantitative estimate of drug-likeness (QED) is 0.652. The van der Waals surface area contributed by atoms with Crippen LogP contribution in [0.25, 0.3) is 0 Å². The summed E-state index contributed by atoms with van der Waals surface area (Å²) in [6.45, 7) is 5.55. The molecule has 90 valence electrons. The van der Waals surface area contributed by atoms with Crippen LogP contribution in [0.2, 0.25) is 0 Å². The molecule has 3 heteroatoms. The molecule has 0 bridgehead atoms. The lowest BCUT2D eigenvalue weighted by Crippen LogP contribution is -2.36. The first-order valence-electron chi connectivity index (χ1n) is 6.28. The average molecular weight is 214 g/mol. The molecule has 0 radical (unpaired) electrons. The van der Waals surface area contributed by atoms with E-state index in [2.05, 4.69) is 4.90 Å². The number of likely N-dealkylation sites (tertiary alicyclic amines) is 1. The first kappa shape index (κ1) is 12.9. The highest BCUT2D eigenvalue weighted by molar-refractivity contribution is 4.73. The van der Waals surface area contributed by atoms with Gasteiger partial charge in [-0.05, 0) is 57.7 Å². The summed E-state index contributed by atoms with van der Waals surface area (Å²) < 4.78 is 5.06. The van der Waals surface area contributed by atoms with E-state index in [1.54, 1.807) is 7.11 Å². The van der Waals surface area contributed by atoms with Crippen LogP contribution in [0.4, 0.5) is 0 Å². The van der Waals surface area contributed by atoms with E-state index in [1.807, 2.05) is 0 Å². The van der Waals surface area contributed by atoms with Crippen molar-refractivity contribution in [2.24, 2.45) is 11.7 Å². The second-order valence-corrected chi connectivity index (χ2v) is 4.59. The Morgan fingerprint density at radius 2 is 2.27 bits per heavy atom. The summed E-state index contributed by atoms with van der Waals surface area (Å²) in [6.07, 6.45) is 6.40. The topological polar surface area (TPSA) is 38.5 Å². The van der Waals surface area contributed by atoms with Crippen LogP contribution in [-0.2, 0) is 4.74 Å². The Bertz CT molecular complexity index is 151. The van der Waals surface area contributed by atoms with Crippen LogP contribution in [0.15, 0.2) is 0 Å². The molecule has 0 saturated carbocycles. The lowest BCUT2D eigenvalue weighted by atomic mass is 9.95. The van der Waals surface area contributed by atoms with Gasteiger partial charge < -0.3 is 15.4 Å². The van der Waals surface area contributed by atoms with Gasteiger partial charge in [0.2, 0.25) is 0 Å². The van der Waals surface area contributed by atoms with Gasteiger partial charge in [-0.2, -0.15) is 0 Å². The van der Waals surface area contributed by atoms with Crippen molar-refractivity contribution in [2.45, 2.75) is 32.1 Å². The summed E-state index contributed by atoms with van der Waals surface area (Å²) in [4.78, 5) is 2.60. The van der Waals surface area contributed by atoms with E-state index in [0.29, 0.717) is 0 Å². The Morgan fingerprint density at radius 3 is 3.00 bits per heavy atom. The van der Waals surface area contributed by atoms with Crippen LogP contribution in [-0.4, -0.2) is 44.8 Å². The number of hydrogen-bond donors (Lipinski definition) is 1. The largest absolute Gasteiger partial charge is 0.385 e. The van der Waals surface area contributed by atoms with Crippen molar-refractivity contribution in [3.8, 4) is 0 Å². The predicted molar refractivity (Wildman–Crippen MR) is 63.9 cm³/mol. The number of piperidine rings is 1. The third kappa shape index (κ3) is 5.50. The van der Waals surface area contributed by atoms with E-state index in [4.69, 9.17) is 10.5 Å². The van der Waals surface area contributed by atoms with Crippen LogP contribution in [0, 0.1) is 5.92 Å². The molecule has 1 heterocycles. The van der Waals surface area contributed by atoms with Gasteiger partial charge in [0.15, 0.2) is 0 Å². The molecule has 3 nitrogen and oxygen atoms in total. The lowest BCUT2D eigenvalue weighted by molar-refractivity contribution is 0.153. The van der Waals surface area contributed by atoms with Gasteiger partial charge in [0.25, 0.3) is 0 Å². The molecule has 0 amide bonds. The fourth-order valence-electron chi connectivity index (χ4n) is 2.41. The van der Waals surface area contributed by atoms with Crippen LogP contribution in [0.1, 0.15) is 32.1 Å².